The van der Waals surface area contributed by atoms with Gasteiger partial charge >= 0.3 is 0 Å². The molecule has 0 aliphatic heterocycles. The van der Waals surface area contributed by atoms with Crippen LogP contribution in [0.5, 0.6) is 0 Å². The summed E-state index contributed by atoms with van der Waals surface area (Å²) < 4.78 is 1.97. The van der Waals surface area contributed by atoms with Gasteiger partial charge in [-0.1, -0.05) is 6.92 Å². The topological polar surface area (TPSA) is 46.9 Å². The number of nitrogens with zero attached hydrogens (tertiary/aromatic N) is 2. The molecule has 0 saturated carbocycles. The van der Waals surface area contributed by atoms with Gasteiger partial charge in [0.2, 0.25) is 0 Å². The lowest BCUT2D eigenvalue weighted by Crippen LogP contribution is -2.23. The van der Waals surface area contributed by atoms with E-state index in [-0.39, 0.29) is 5.56 Å². The molecule has 19 heavy (non-hydrogen) atoms. The molecule has 0 bridgehead atoms. The number of rotatable bonds is 5. The van der Waals surface area contributed by atoms with Crippen molar-refractivity contribution in [3.05, 3.63) is 42.9 Å². The highest BCUT2D eigenvalue weighted by Crippen LogP contribution is 2.21. The molecule has 0 amide bonds. The van der Waals surface area contributed by atoms with Crippen molar-refractivity contribution in [3.63, 3.8) is 0 Å². The maximum absolute atomic E-state index is 11.9. The van der Waals surface area contributed by atoms with E-state index in [0.717, 1.165) is 18.7 Å². The molecule has 2 rings (SSSR count). The van der Waals surface area contributed by atoms with Crippen LogP contribution in [0, 0.1) is 0 Å². The van der Waals surface area contributed by atoms with Crippen LogP contribution in [-0.2, 0) is 19.5 Å². The van der Waals surface area contributed by atoms with Crippen molar-refractivity contribution < 1.29 is 0 Å². The van der Waals surface area contributed by atoms with Gasteiger partial charge in [-0.05, 0) is 46.3 Å². The van der Waals surface area contributed by atoms with E-state index in [1.54, 1.807) is 17.5 Å². The summed E-state index contributed by atoms with van der Waals surface area (Å²) in [7, 11) is 0. The highest BCUT2D eigenvalue weighted by Gasteiger charge is 2.09. The first-order valence-electron chi connectivity index (χ1n) is 6.22. The third-order valence-corrected chi connectivity index (χ3v) is 4.67. The zero-order chi connectivity index (χ0) is 13.8. The predicted octanol–water partition coefficient (Wildman–Crippen LogP) is 3.26. The van der Waals surface area contributed by atoms with E-state index in [4.69, 9.17) is 0 Å². The minimum absolute atomic E-state index is 0.102. The Kier molecular flexibility index (Phi) is 4.76. The van der Waals surface area contributed by atoms with E-state index >= 15 is 0 Å². The van der Waals surface area contributed by atoms with Crippen LogP contribution in [0.25, 0.3) is 0 Å². The van der Waals surface area contributed by atoms with Gasteiger partial charge < -0.3 is 5.32 Å². The lowest BCUT2D eigenvalue weighted by atomic mass is 10.2. The molecule has 0 aliphatic rings. The average Bonchev–Trinajstić information content (AvgIpc) is 2.88. The standard InChI is InChI=1S/C13H16BrN3OS/c1-3-9-5-6-19-11(9)8-15-10-7-16-17(4-2)13(18)12(10)14/h5-7,15H,3-4,8H2,1-2H3. The van der Waals surface area contributed by atoms with Crippen LogP contribution in [0.2, 0.25) is 0 Å². The molecule has 1 N–H and O–H groups in total. The van der Waals surface area contributed by atoms with Crippen molar-refractivity contribution in [1.29, 1.82) is 0 Å². The SMILES string of the molecule is CCc1ccsc1CNc1cnn(CC)c(=O)c1Br. The van der Waals surface area contributed by atoms with Crippen LogP contribution in [0.15, 0.2) is 26.9 Å². The Hall–Kier alpha value is -1.14. The second kappa shape index (κ2) is 6.34. The summed E-state index contributed by atoms with van der Waals surface area (Å²) in [4.78, 5) is 13.2. The van der Waals surface area contributed by atoms with E-state index in [0.29, 0.717) is 11.0 Å². The number of hydrogen-bond donors (Lipinski definition) is 1. The van der Waals surface area contributed by atoms with Gasteiger partial charge in [0.25, 0.3) is 5.56 Å². The molecule has 102 valence electrons. The summed E-state index contributed by atoms with van der Waals surface area (Å²) in [5, 5.41) is 9.48. The summed E-state index contributed by atoms with van der Waals surface area (Å²) in [6.45, 7) is 5.33. The van der Waals surface area contributed by atoms with Gasteiger partial charge in [0.05, 0.1) is 11.9 Å². The van der Waals surface area contributed by atoms with Crippen molar-refractivity contribution in [3.8, 4) is 0 Å². The van der Waals surface area contributed by atoms with E-state index in [1.165, 1.54) is 15.1 Å². The zero-order valence-corrected chi connectivity index (χ0v) is 13.3. The van der Waals surface area contributed by atoms with Gasteiger partial charge in [-0.25, -0.2) is 4.68 Å². The van der Waals surface area contributed by atoms with Crippen LogP contribution in [-0.4, -0.2) is 9.78 Å². The van der Waals surface area contributed by atoms with Crippen molar-refractivity contribution >= 4 is 33.0 Å². The smallest absolute Gasteiger partial charge is 0.283 e. The van der Waals surface area contributed by atoms with Gasteiger partial charge in [-0.15, -0.1) is 11.3 Å². The Morgan fingerprint density at radius 3 is 2.95 bits per heavy atom. The molecule has 2 aromatic heterocycles. The molecule has 0 fully saturated rings. The number of nitrogens with one attached hydrogen (secondary N) is 1. The van der Waals surface area contributed by atoms with Gasteiger partial charge in [-0.2, -0.15) is 5.10 Å². The Labute approximate surface area is 124 Å². The van der Waals surface area contributed by atoms with Crippen LogP contribution < -0.4 is 10.9 Å². The van der Waals surface area contributed by atoms with Crippen LogP contribution in [0.4, 0.5) is 5.69 Å². The number of halogens is 1. The fourth-order valence-corrected chi connectivity index (χ4v) is 3.19. The molecule has 2 heterocycles. The molecule has 0 saturated heterocycles. The van der Waals surface area contributed by atoms with Crippen molar-refractivity contribution in [1.82, 2.24) is 9.78 Å². The molecule has 0 spiro atoms. The first kappa shape index (κ1) is 14.3. The number of hydrogen-bond acceptors (Lipinski definition) is 4. The first-order chi connectivity index (χ1) is 9.17. The van der Waals surface area contributed by atoms with E-state index in [1.807, 2.05) is 6.92 Å². The molecule has 0 atom stereocenters. The molecule has 4 nitrogen and oxygen atoms in total. The summed E-state index contributed by atoms with van der Waals surface area (Å²) >= 11 is 5.07. The quantitative estimate of drug-likeness (QED) is 0.907. The molecular formula is C13H16BrN3OS. The Morgan fingerprint density at radius 2 is 2.26 bits per heavy atom. The normalized spacial score (nSPS) is 10.7. The highest BCUT2D eigenvalue weighted by atomic mass is 79.9. The predicted molar refractivity (Wildman–Crippen MR) is 82.9 cm³/mol. The number of thiophene rings is 1. The largest absolute Gasteiger partial charge is 0.378 e. The first-order valence-corrected chi connectivity index (χ1v) is 7.89. The summed E-state index contributed by atoms with van der Waals surface area (Å²) in [5.41, 5.74) is 1.99. The fraction of sp³-hybridized carbons (Fsp3) is 0.385. The van der Waals surface area contributed by atoms with E-state index in [2.05, 4.69) is 44.7 Å². The lowest BCUT2D eigenvalue weighted by molar-refractivity contribution is 0.613. The zero-order valence-electron chi connectivity index (χ0n) is 10.9. The summed E-state index contributed by atoms with van der Waals surface area (Å²) in [6.07, 6.45) is 2.71. The van der Waals surface area contributed by atoms with Gasteiger partial charge in [-0.3, -0.25) is 4.79 Å². The molecule has 6 heteroatoms. The van der Waals surface area contributed by atoms with Crippen LogP contribution in [0.1, 0.15) is 24.3 Å². The molecular weight excluding hydrogens is 326 g/mol. The number of aryl methyl sites for hydroxylation is 2. The average molecular weight is 342 g/mol. The maximum Gasteiger partial charge on any atom is 0.283 e. The van der Waals surface area contributed by atoms with Crippen molar-refractivity contribution in [2.24, 2.45) is 0 Å². The van der Waals surface area contributed by atoms with Crippen LogP contribution in [0.3, 0.4) is 0 Å². The fourth-order valence-electron chi connectivity index (χ4n) is 1.83. The van der Waals surface area contributed by atoms with Crippen LogP contribution >= 0.6 is 27.3 Å². The van der Waals surface area contributed by atoms with E-state index in [9.17, 15) is 4.79 Å². The molecule has 0 aliphatic carbocycles. The second-order valence-electron chi connectivity index (χ2n) is 4.07. The Bertz CT molecular complexity index is 621. The van der Waals surface area contributed by atoms with Crippen molar-refractivity contribution in [2.45, 2.75) is 33.4 Å². The summed E-state index contributed by atoms with van der Waals surface area (Å²) in [5.74, 6) is 0. The summed E-state index contributed by atoms with van der Waals surface area (Å²) in [6, 6.07) is 2.14. The Morgan fingerprint density at radius 1 is 1.47 bits per heavy atom. The van der Waals surface area contributed by atoms with Gasteiger partial charge in [0.1, 0.15) is 4.47 Å². The molecule has 0 unspecified atom stereocenters. The molecule has 0 aromatic carbocycles. The number of anilines is 1. The third-order valence-electron chi connectivity index (χ3n) is 2.94. The minimum atomic E-state index is -0.102. The molecule has 0 radical (unpaired) electrons. The number of aromatic nitrogens is 2. The maximum atomic E-state index is 11.9. The third kappa shape index (κ3) is 3.06. The van der Waals surface area contributed by atoms with Gasteiger partial charge in [0.15, 0.2) is 0 Å². The monoisotopic (exact) mass is 341 g/mol. The van der Waals surface area contributed by atoms with Crippen molar-refractivity contribution in [2.75, 3.05) is 5.32 Å². The lowest BCUT2D eigenvalue weighted by Gasteiger charge is -2.09. The highest BCUT2D eigenvalue weighted by molar-refractivity contribution is 9.10. The Balaban J connectivity index is 2.16. The minimum Gasteiger partial charge on any atom is -0.378 e. The van der Waals surface area contributed by atoms with E-state index < -0.39 is 0 Å². The van der Waals surface area contributed by atoms with Gasteiger partial charge in [0, 0.05) is 18.0 Å². The molecule has 2 aromatic rings. The second-order valence-corrected chi connectivity index (χ2v) is 5.86.